The lowest BCUT2D eigenvalue weighted by atomic mass is 9.94. The number of carbonyl (C=O) groups is 1. The summed E-state index contributed by atoms with van der Waals surface area (Å²) in [7, 11) is 0. The average molecular weight is 210 g/mol. The largest absolute Gasteiger partial charge is 0.481 e. The SMILES string of the molecule is O=C(O)C1(c2cc(CO)ccc2F)CC1. The summed E-state index contributed by atoms with van der Waals surface area (Å²) in [6, 6.07) is 4.11. The van der Waals surface area contributed by atoms with E-state index in [1.54, 1.807) is 0 Å². The van der Waals surface area contributed by atoms with Crippen LogP contribution in [0.5, 0.6) is 0 Å². The van der Waals surface area contributed by atoms with Crippen LogP contribution in [0.15, 0.2) is 18.2 Å². The maximum Gasteiger partial charge on any atom is 0.314 e. The molecular weight excluding hydrogens is 199 g/mol. The number of hydrogen-bond donors (Lipinski definition) is 2. The molecule has 1 aliphatic carbocycles. The van der Waals surface area contributed by atoms with Crippen LogP contribution in [0, 0.1) is 5.82 Å². The van der Waals surface area contributed by atoms with Crippen LogP contribution < -0.4 is 0 Å². The predicted molar refractivity (Wildman–Crippen MR) is 50.9 cm³/mol. The molecule has 0 aliphatic heterocycles. The van der Waals surface area contributed by atoms with Crippen molar-refractivity contribution in [2.75, 3.05) is 0 Å². The summed E-state index contributed by atoms with van der Waals surface area (Å²) in [5, 5.41) is 17.9. The summed E-state index contributed by atoms with van der Waals surface area (Å²) in [4.78, 5) is 11.0. The van der Waals surface area contributed by atoms with Gasteiger partial charge in [0.1, 0.15) is 5.82 Å². The minimum Gasteiger partial charge on any atom is -0.481 e. The zero-order valence-corrected chi connectivity index (χ0v) is 8.03. The van der Waals surface area contributed by atoms with Crippen molar-refractivity contribution in [3.63, 3.8) is 0 Å². The number of aliphatic hydroxyl groups is 1. The van der Waals surface area contributed by atoms with Gasteiger partial charge in [-0.1, -0.05) is 6.07 Å². The first-order chi connectivity index (χ1) is 7.10. The molecule has 0 spiro atoms. The van der Waals surface area contributed by atoms with Gasteiger partial charge in [-0.3, -0.25) is 4.79 Å². The highest BCUT2D eigenvalue weighted by Crippen LogP contribution is 2.49. The quantitative estimate of drug-likeness (QED) is 0.793. The maximum absolute atomic E-state index is 13.5. The Morgan fingerprint density at radius 1 is 1.47 bits per heavy atom. The Morgan fingerprint density at radius 2 is 2.13 bits per heavy atom. The monoisotopic (exact) mass is 210 g/mol. The van der Waals surface area contributed by atoms with E-state index >= 15 is 0 Å². The third-order valence-corrected chi connectivity index (χ3v) is 2.89. The molecule has 1 aromatic rings. The topological polar surface area (TPSA) is 57.5 Å². The smallest absolute Gasteiger partial charge is 0.314 e. The molecule has 1 aromatic carbocycles. The van der Waals surface area contributed by atoms with Gasteiger partial charge in [0.15, 0.2) is 0 Å². The number of aliphatic hydroxyl groups excluding tert-OH is 1. The normalized spacial score (nSPS) is 17.5. The minimum atomic E-state index is -1.05. The van der Waals surface area contributed by atoms with Gasteiger partial charge in [-0.15, -0.1) is 0 Å². The summed E-state index contributed by atoms with van der Waals surface area (Å²) in [5.74, 6) is -1.50. The molecule has 0 heterocycles. The Kier molecular flexibility index (Phi) is 2.23. The van der Waals surface area contributed by atoms with Crippen molar-refractivity contribution in [1.29, 1.82) is 0 Å². The summed E-state index contributed by atoms with van der Waals surface area (Å²) < 4.78 is 13.5. The van der Waals surface area contributed by atoms with Crippen LogP contribution in [0.3, 0.4) is 0 Å². The number of carboxylic acids is 1. The molecule has 0 bridgehead atoms. The van der Waals surface area contributed by atoms with E-state index in [2.05, 4.69) is 0 Å². The fraction of sp³-hybridized carbons (Fsp3) is 0.364. The van der Waals surface area contributed by atoms with Gasteiger partial charge in [0, 0.05) is 5.56 Å². The highest BCUT2D eigenvalue weighted by Gasteiger charge is 2.53. The number of benzene rings is 1. The molecule has 0 amide bonds. The number of aliphatic carboxylic acids is 1. The first-order valence-electron chi connectivity index (χ1n) is 4.73. The lowest BCUT2D eigenvalue weighted by Gasteiger charge is -2.12. The van der Waals surface area contributed by atoms with Gasteiger partial charge in [-0.05, 0) is 30.5 Å². The molecule has 15 heavy (non-hydrogen) atoms. The van der Waals surface area contributed by atoms with E-state index in [1.807, 2.05) is 0 Å². The summed E-state index contributed by atoms with van der Waals surface area (Å²) in [6.07, 6.45) is 0.933. The van der Waals surface area contributed by atoms with Crippen LogP contribution in [0.25, 0.3) is 0 Å². The lowest BCUT2D eigenvalue weighted by Crippen LogP contribution is -2.21. The standard InChI is InChI=1S/C11H11FO3/c12-9-2-1-7(6-13)5-8(9)11(3-4-11)10(14)15/h1-2,5,13H,3-4,6H2,(H,14,15). The Bertz CT molecular complexity index is 410. The van der Waals surface area contributed by atoms with Crippen LogP contribution in [-0.2, 0) is 16.8 Å². The van der Waals surface area contributed by atoms with Gasteiger partial charge in [-0.2, -0.15) is 0 Å². The van der Waals surface area contributed by atoms with Crippen LogP contribution in [0.1, 0.15) is 24.0 Å². The van der Waals surface area contributed by atoms with Crippen LogP contribution in [0.2, 0.25) is 0 Å². The zero-order valence-electron chi connectivity index (χ0n) is 8.03. The molecule has 0 radical (unpaired) electrons. The molecule has 1 aliphatic rings. The summed E-state index contributed by atoms with van der Waals surface area (Å²) >= 11 is 0. The van der Waals surface area contributed by atoms with Gasteiger partial charge in [0.05, 0.1) is 12.0 Å². The van der Waals surface area contributed by atoms with Crippen LogP contribution >= 0.6 is 0 Å². The van der Waals surface area contributed by atoms with Gasteiger partial charge >= 0.3 is 5.97 Å². The molecule has 80 valence electrons. The van der Waals surface area contributed by atoms with E-state index in [0.29, 0.717) is 18.4 Å². The van der Waals surface area contributed by atoms with E-state index in [9.17, 15) is 9.18 Å². The van der Waals surface area contributed by atoms with Gasteiger partial charge in [-0.25, -0.2) is 4.39 Å². The molecule has 1 saturated carbocycles. The van der Waals surface area contributed by atoms with Gasteiger partial charge in [0.2, 0.25) is 0 Å². The fourth-order valence-corrected chi connectivity index (χ4v) is 1.76. The van der Waals surface area contributed by atoms with Crippen LogP contribution in [-0.4, -0.2) is 16.2 Å². The number of rotatable bonds is 3. The minimum absolute atomic E-state index is 0.196. The molecular formula is C11H11FO3. The third kappa shape index (κ3) is 1.51. The highest BCUT2D eigenvalue weighted by atomic mass is 19.1. The molecule has 0 unspecified atom stereocenters. The van der Waals surface area contributed by atoms with E-state index in [-0.39, 0.29) is 12.2 Å². The number of carboxylic acid groups (broad SMARTS) is 1. The van der Waals surface area contributed by atoms with E-state index in [0.717, 1.165) is 0 Å². The van der Waals surface area contributed by atoms with Gasteiger partial charge in [0.25, 0.3) is 0 Å². The average Bonchev–Trinajstić information content (AvgIpc) is 2.99. The molecule has 2 rings (SSSR count). The van der Waals surface area contributed by atoms with Crippen molar-refractivity contribution in [2.24, 2.45) is 0 Å². The first kappa shape index (κ1) is 10.1. The third-order valence-electron chi connectivity index (χ3n) is 2.89. The molecule has 3 nitrogen and oxygen atoms in total. The second-order valence-electron chi connectivity index (χ2n) is 3.86. The number of halogens is 1. The molecule has 1 fully saturated rings. The van der Waals surface area contributed by atoms with Crippen molar-refractivity contribution < 1.29 is 19.4 Å². The Hall–Kier alpha value is -1.42. The van der Waals surface area contributed by atoms with E-state index < -0.39 is 17.2 Å². The van der Waals surface area contributed by atoms with E-state index in [1.165, 1.54) is 18.2 Å². The van der Waals surface area contributed by atoms with Crippen molar-refractivity contribution in [3.8, 4) is 0 Å². The van der Waals surface area contributed by atoms with Gasteiger partial charge < -0.3 is 10.2 Å². The Labute approximate surface area is 86.2 Å². The fourth-order valence-electron chi connectivity index (χ4n) is 1.76. The second kappa shape index (κ2) is 3.31. The van der Waals surface area contributed by atoms with Crippen molar-refractivity contribution >= 4 is 5.97 Å². The predicted octanol–water partition coefficient (Wildman–Crippen LogP) is 1.43. The summed E-state index contributed by atoms with van der Waals surface area (Å²) in [5.41, 5.74) is -0.310. The molecule has 0 atom stereocenters. The van der Waals surface area contributed by atoms with Crippen molar-refractivity contribution in [2.45, 2.75) is 24.9 Å². The highest BCUT2D eigenvalue weighted by molar-refractivity contribution is 5.85. The Morgan fingerprint density at radius 3 is 2.60 bits per heavy atom. The lowest BCUT2D eigenvalue weighted by molar-refractivity contribution is -0.140. The zero-order chi connectivity index (χ0) is 11.1. The second-order valence-corrected chi connectivity index (χ2v) is 3.86. The molecule has 4 heteroatoms. The number of hydrogen-bond acceptors (Lipinski definition) is 2. The van der Waals surface area contributed by atoms with Crippen LogP contribution in [0.4, 0.5) is 4.39 Å². The van der Waals surface area contributed by atoms with Crippen molar-refractivity contribution in [3.05, 3.63) is 35.1 Å². The maximum atomic E-state index is 13.5. The molecule has 0 aromatic heterocycles. The molecule has 2 N–H and O–H groups in total. The van der Waals surface area contributed by atoms with E-state index in [4.69, 9.17) is 10.2 Å². The summed E-state index contributed by atoms with van der Waals surface area (Å²) in [6.45, 7) is -0.205. The molecule has 0 saturated heterocycles. The first-order valence-corrected chi connectivity index (χ1v) is 4.73. The Balaban J connectivity index is 2.47. The van der Waals surface area contributed by atoms with Crippen molar-refractivity contribution in [1.82, 2.24) is 0 Å².